The molecule has 0 atom stereocenters. The van der Waals surface area contributed by atoms with E-state index in [0.29, 0.717) is 18.0 Å². The third-order valence-electron chi connectivity index (χ3n) is 2.29. The second kappa shape index (κ2) is 5.18. The van der Waals surface area contributed by atoms with Gasteiger partial charge in [-0.25, -0.2) is 4.98 Å². The molecule has 5 heteroatoms. The molecule has 0 saturated carbocycles. The number of thiazole rings is 1. The zero-order chi connectivity index (χ0) is 13.1. The number of hydrogen-bond acceptors (Lipinski definition) is 4. The number of amides is 1. The van der Waals surface area contributed by atoms with E-state index in [-0.39, 0.29) is 5.91 Å². The van der Waals surface area contributed by atoms with Crippen molar-refractivity contribution in [2.75, 3.05) is 6.54 Å². The van der Waals surface area contributed by atoms with Crippen molar-refractivity contribution in [3.8, 4) is 10.8 Å². The van der Waals surface area contributed by atoms with Crippen LogP contribution in [0.15, 0.2) is 35.0 Å². The molecule has 0 aliphatic carbocycles. The van der Waals surface area contributed by atoms with Crippen molar-refractivity contribution in [1.29, 1.82) is 0 Å². The van der Waals surface area contributed by atoms with E-state index in [4.69, 9.17) is 4.42 Å². The van der Waals surface area contributed by atoms with Crippen LogP contribution >= 0.6 is 11.3 Å². The fraction of sp³-hybridized carbons (Fsp3) is 0.231. The lowest BCUT2D eigenvalue weighted by Gasteiger charge is -2.02. The highest BCUT2D eigenvalue weighted by Crippen LogP contribution is 2.27. The summed E-state index contributed by atoms with van der Waals surface area (Å²) < 4.78 is 5.27. The van der Waals surface area contributed by atoms with Crippen molar-refractivity contribution < 1.29 is 9.21 Å². The van der Waals surface area contributed by atoms with Gasteiger partial charge in [-0.1, -0.05) is 12.2 Å². The second-order valence-corrected chi connectivity index (χ2v) is 5.24. The number of nitrogens with one attached hydrogen (secondary N) is 1. The molecule has 0 saturated heterocycles. The molecule has 0 aliphatic rings. The van der Waals surface area contributed by atoms with Crippen LogP contribution in [0.2, 0.25) is 0 Å². The van der Waals surface area contributed by atoms with Crippen LogP contribution in [0.3, 0.4) is 0 Å². The number of carbonyl (C=O) groups excluding carboxylic acids is 1. The second-order valence-electron chi connectivity index (χ2n) is 4.04. The van der Waals surface area contributed by atoms with E-state index in [2.05, 4.69) is 16.9 Å². The van der Waals surface area contributed by atoms with E-state index in [0.717, 1.165) is 15.5 Å². The van der Waals surface area contributed by atoms with Gasteiger partial charge in [-0.3, -0.25) is 4.79 Å². The Hall–Kier alpha value is -1.88. The Balaban J connectivity index is 2.19. The van der Waals surface area contributed by atoms with Gasteiger partial charge in [0.25, 0.3) is 5.91 Å². The Kier molecular flexibility index (Phi) is 3.62. The van der Waals surface area contributed by atoms with Gasteiger partial charge in [-0.15, -0.1) is 11.3 Å². The van der Waals surface area contributed by atoms with Crippen LogP contribution in [0.4, 0.5) is 0 Å². The summed E-state index contributed by atoms with van der Waals surface area (Å²) in [6.45, 7) is 7.94. The van der Waals surface area contributed by atoms with Gasteiger partial charge >= 0.3 is 0 Å². The van der Waals surface area contributed by atoms with Crippen LogP contribution in [0.1, 0.15) is 22.3 Å². The Bertz CT molecular complexity index is 570. The fourth-order valence-corrected chi connectivity index (χ4v) is 2.31. The van der Waals surface area contributed by atoms with Gasteiger partial charge < -0.3 is 9.73 Å². The summed E-state index contributed by atoms with van der Waals surface area (Å²) in [4.78, 5) is 17.1. The highest BCUT2D eigenvalue weighted by Gasteiger charge is 2.16. The molecule has 2 heterocycles. The summed E-state index contributed by atoms with van der Waals surface area (Å²) in [6.07, 6.45) is 1.59. The van der Waals surface area contributed by atoms with Crippen LogP contribution in [-0.2, 0) is 0 Å². The Morgan fingerprint density at radius 3 is 3.00 bits per heavy atom. The fourth-order valence-electron chi connectivity index (χ4n) is 1.43. The number of rotatable bonds is 4. The van der Waals surface area contributed by atoms with Gasteiger partial charge in [0.2, 0.25) is 0 Å². The zero-order valence-electron chi connectivity index (χ0n) is 10.3. The molecule has 0 fully saturated rings. The quantitative estimate of drug-likeness (QED) is 0.862. The SMILES string of the molecule is C=C(C)CNC(=O)c1nc(-c2ccco2)sc1C. The molecule has 1 N–H and O–H groups in total. The Labute approximate surface area is 109 Å². The maximum absolute atomic E-state index is 11.9. The van der Waals surface area contributed by atoms with E-state index in [9.17, 15) is 4.79 Å². The van der Waals surface area contributed by atoms with Gasteiger partial charge in [0, 0.05) is 11.4 Å². The lowest BCUT2D eigenvalue weighted by Crippen LogP contribution is -2.25. The van der Waals surface area contributed by atoms with Gasteiger partial charge in [0.15, 0.2) is 10.8 Å². The van der Waals surface area contributed by atoms with Crippen LogP contribution in [0.25, 0.3) is 10.8 Å². The molecule has 4 nitrogen and oxygen atoms in total. The van der Waals surface area contributed by atoms with Crippen molar-refractivity contribution in [3.05, 3.63) is 41.1 Å². The normalized spacial score (nSPS) is 10.3. The number of aromatic nitrogens is 1. The first-order chi connectivity index (χ1) is 8.58. The van der Waals surface area contributed by atoms with Crippen molar-refractivity contribution >= 4 is 17.2 Å². The van der Waals surface area contributed by atoms with E-state index in [1.54, 1.807) is 12.3 Å². The van der Waals surface area contributed by atoms with Crippen LogP contribution in [0.5, 0.6) is 0 Å². The van der Waals surface area contributed by atoms with Gasteiger partial charge in [-0.2, -0.15) is 0 Å². The topological polar surface area (TPSA) is 55.1 Å². The predicted octanol–water partition coefficient (Wildman–Crippen LogP) is 3.02. The molecule has 0 radical (unpaired) electrons. The molecule has 0 spiro atoms. The maximum Gasteiger partial charge on any atom is 0.271 e. The highest BCUT2D eigenvalue weighted by atomic mass is 32.1. The van der Waals surface area contributed by atoms with Gasteiger partial charge in [0.05, 0.1) is 6.26 Å². The molecular formula is C13H14N2O2S. The van der Waals surface area contributed by atoms with Crippen molar-refractivity contribution in [1.82, 2.24) is 10.3 Å². The largest absolute Gasteiger partial charge is 0.462 e. The highest BCUT2D eigenvalue weighted by molar-refractivity contribution is 7.15. The van der Waals surface area contributed by atoms with Crippen molar-refractivity contribution in [3.63, 3.8) is 0 Å². The third kappa shape index (κ3) is 2.68. The lowest BCUT2D eigenvalue weighted by atomic mass is 10.3. The molecule has 0 aromatic carbocycles. The summed E-state index contributed by atoms with van der Waals surface area (Å²) >= 11 is 1.45. The molecule has 0 bridgehead atoms. The average molecular weight is 262 g/mol. The molecule has 0 unspecified atom stereocenters. The molecule has 1 amide bonds. The third-order valence-corrected chi connectivity index (χ3v) is 3.28. The number of carbonyl (C=O) groups is 1. The molecule has 18 heavy (non-hydrogen) atoms. The van der Waals surface area contributed by atoms with Crippen molar-refractivity contribution in [2.45, 2.75) is 13.8 Å². The lowest BCUT2D eigenvalue weighted by molar-refractivity contribution is 0.0952. The van der Waals surface area contributed by atoms with Gasteiger partial charge in [-0.05, 0) is 26.0 Å². The zero-order valence-corrected chi connectivity index (χ0v) is 11.1. The maximum atomic E-state index is 11.9. The van der Waals surface area contributed by atoms with Gasteiger partial charge in [0.1, 0.15) is 5.69 Å². The summed E-state index contributed by atoms with van der Waals surface area (Å²) in [6, 6.07) is 3.63. The summed E-state index contributed by atoms with van der Waals surface area (Å²) in [5.74, 6) is 0.506. The van der Waals surface area contributed by atoms with E-state index in [1.807, 2.05) is 19.9 Å². The summed E-state index contributed by atoms with van der Waals surface area (Å²) in [5.41, 5.74) is 1.36. The molecule has 2 aromatic rings. The molecule has 0 aliphatic heterocycles. The number of nitrogens with zero attached hydrogens (tertiary/aromatic N) is 1. The van der Waals surface area contributed by atoms with E-state index < -0.39 is 0 Å². The number of furan rings is 1. The predicted molar refractivity (Wildman–Crippen MR) is 71.7 cm³/mol. The smallest absolute Gasteiger partial charge is 0.271 e. The monoisotopic (exact) mass is 262 g/mol. The molecular weight excluding hydrogens is 248 g/mol. The summed E-state index contributed by atoms with van der Waals surface area (Å²) in [7, 11) is 0. The first-order valence-electron chi connectivity index (χ1n) is 5.52. The van der Waals surface area contributed by atoms with Crippen molar-refractivity contribution in [2.24, 2.45) is 0 Å². The first kappa shape index (κ1) is 12.6. The molecule has 94 valence electrons. The minimum absolute atomic E-state index is 0.176. The van der Waals surface area contributed by atoms with E-state index in [1.165, 1.54) is 11.3 Å². The van der Waals surface area contributed by atoms with Crippen LogP contribution < -0.4 is 5.32 Å². The van der Waals surface area contributed by atoms with E-state index >= 15 is 0 Å². The number of hydrogen-bond donors (Lipinski definition) is 1. The summed E-state index contributed by atoms with van der Waals surface area (Å²) in [5, 5.41) is 3.49. The molecule has 2 rings (SSSR count). The first-order valence-corrected chi connectivity index (χ1v) is 6.33. The molecule has 2 aromatic heterocycles. The van der Waals surface area contributed by atoms with Crippen LogP contribution in [-0.4, -0.2) is 17.4 Å². The minimum Gasteiger partial charge on any atom is -0.462 e. The standard InChI is InChI=1S/C13H14N2O2S/c1-8(2)7-14-12(16)11-9(3)18-13(15-11)10-5-4-6-17-10/h4-6H,1,7H2,2-3H3,(H,14,16). The number of aryl methyl sites for hydroxylation is 1. The minimum atomic E-state index is -0.176. The Morgan fingerprint density at radius 1 is 1.61 bits per heavy atom. The Morgan fingerprint density at radius 2 is 2.39 bits per heavy atom. The average Bonchev–Trinajstić information content (AvgIpc) is 2.94. The van der Waals surface area contributed by atoms with Crippen LogP contribution in [0, 0.1) is 6.92 Å².